The van der Waals surface area contributed by atoms with E-state index >= 15 is 0 Å². The van der Waals surface area contributed by atoms with Crippen LogP contribution in [0.1, 0.15) is 136 Å². The smallest absolute Gasteiger partial charge is 0.305 e. The molecule has 0 fully saturated rings. The second kappa shape index (κ2) is 24.1. The number of rotatable bonds is 21. The molecule has 0 radical (unpaired) electrons. The number of hydrogen-bond donors (Lipinski definition) is 0. The molecule has 0 rings (SSSR count). The van der Waals surface area contributed by atoms with Crippen molar-refractivity contribution in [2.45, 2.75) is 136 Å². The predicted octanol–water partition coefficient (Wildman–Crippen LogP) is 7.77. The maximum Gasteiger partial charge on any atom is 0.305 e. The van der Waals surface area contributed by atoms with E-state index in [2.05, 4.69) is 32.6 Å². The summed E-state index contributed by atoms with van der Waals surface area (Å²) in [7, 11) is 0. The third kappa shape index (κ3) is 24.8. The molecule has 0 unspecified atom stereocenters. The molecule has 0 atom stereocenters. The lowest BCUT2D eigenvalue weighted by Crippen LogP contribution is -2.06. The minimum absolute atomic E-state index is 0.0558. The van der Waals surface area contributed by atoms with Crippen LogP contribution in [-0.4, -0.2) is 25.2 Å². The molecule has 0 spiro atoms. The first-order valence-electron chi connectivity index (χ1n) is 13.3. The Bertz CT molecular complexity index is 501. The molecule has 0 N–H and O–H groups in total. The quantitative estimate of drug-likeness (QED) is 0.102. The second-order valence-electron chi connectivity index (χ2n) is 9.18. The van der Waals surface area contributed by atoms with E-state index in [1.165, 1.54) is 25.7 Å². The van der Waals surface area contributed by atoms with E-state index in [1.807, 2.05) is 0 Å². The number of hydrogen-bond acceptors (Lipinski definition) is 4. The number of ether oxygens (including phenoxy) is 2. The fraction of sp³-hybridized carbons (Fsp3) is 0.857. The van der Waals surface area contributed by atoms with Crippen molar-refractivity contribution in [3.8, 4) is 11.8 Å². The largest absolute Gasteiger partial charge is 0.466 e. The molecular formula is C28H50O4. The average molecular weight is 451 g/mol. The van der Waals surface area contributed by atoms with Crippen molar-refractivity contribution in [2.24, 2.45) is 5.92 Å². The van der Waals surface area contributed by atoms with Crippen molar-refractivity contribution in [1.29, 1.82) is 0 Å². The molecular weight excluding hydrogens is 400 g/mol. The first-order valence-corrected chi connectivity index (χ1v) is 13.3. The van der Waals surface area contributed by atoms with E-state index < -0.39 is 0 Å². The summed E-state index contributed by atoms with van der Waals surface area (Å²) in [6.07, 6.45) is 18.3. The Kier molecular flexibility index (Phi) is 23.0. The van der Waals surface area contributed by atoms with Crippen molar-refractivity contribution in [2.75, 3.05) is 13.2 Å². The van der Waals surface area contributed by atoms with Crippen LogP contribution in [0.5, 0.6) is 0 Å². The molecule has 0 aromatic rings. The molecule has 0 aromatic heterocycles. The number of esters is 2. The monoisotopic (exact) mass is 450 g/mol. The van der Waals surface area contributed by atoms with Crippen molar-refractivity contribution < 1.29 is 19.1 Å². The maximum absolute atomic E-state index is 11.8. The van der Waals surface area contributed by atoms with Crippen LogP contribution in [0.2, 0.25) is 0 Å². The van der Waals surface area contributed by atoms with Crippen LogP contribution in [-0.2, 0) is 19.1 Å². The first-order chi connectivity index (χ1) is 15.6. The highest BCUT2D eigenvalue weighted by atomic mass is 16.5. The van der Waals surface area contributed by atoms with Crippen molar-refractivity contribution in [3.05, 3.63) is 0 Å². The van der Waals surface area contributed by atoms with Gasteiger partial charge in [0.05, 0.1) is 13.2 Å². The van der Waals surface area contributed by atoms with Gasteiger partial charge in [-0.3, -0.25) is 9.59 Å². The van der Waals surface area contributed by atoms with Gasteiger partial charge in [-0.2, -0.15) is 0 Å². The van der Waals surface area contributed by atoms with Crippen LogP contribution >= 0.6 is 0 Å². The van der Waals surface area contributed by atoms with Crippen molar-refractivity contribution in [1.82, 2.24) is 0 Å². The number of carbonyl (C=O) groups is 2. The Labute approximate surface area is 198 Å². The molecule has 4 nitrogen and oxygen atoms in total. The normalized spacial score (nSPS) is 10.6. The van der Waals surface area contributed by atoms with Crippen LogP contribution in [0.15, 0.2) is 0 Å². The minimum atomic E-state index is -0.0613. The van der Waals surface area contributed by atoms with Crippen LogP contribution in [0.25, 0.3) is 0 Å². The zero-order chi connectivity index (χ0) is 23.7. The van der Waals surface area contributed by atoms with E-state index in [0.29, 0.717) is 32.0 Å². The molecule has 0 aromatic carbocycles. The standard InChI is InChI=1S/C28H50O4/c1-4-5-6-7-8-9-10-13-16-19-24-31-27(29)22-17-14-11-12-15-18-23-28(30)32-25-20-21-26(2)3/h26H,4,7-25H2,1-3H3. The molecule has 0 heterocycles. The summed E-state index contributed by atoms with van der Waals surface area (Å²) in [6, 6.07) is 0. The molecule has 0 aliphatic carbocycles. The highest BCUT2D eigenvalue weighted by Crippen LogP contribution is 2.11. The van der Waals surface area contributed by atoms with Gasteiger partial charge in [0.2, 0.25) is 0 Å². The lowest BCUT2D eigenvalue weighted by Gasteiger charge is -2.07. The van der Waals surface area contributed by atoms with Crippen LogP contribution in [0, 0.1) is 17.8 Å². The summed E-state index contributed by atoms with van der Waals surface area (Å²) in [6.45, 7) is 7.57. The summed E-state index contributed by atoms with van der Waals surface area (Å²) in [5, 5.41) is 0. The van der Waals surface area contributed by atoms with Gasteiger partial charge in [0.1, 0.15) is 0 Å². The number of unbranched alkanes of at least 4 members (excludes halogenated alkanes) is 11. The van der Waals surface area contributed by atoms with E-state index in [-0.39, 0.29) is 11.9 Å². The number of carbonyl (C=O) groups excluding carboxylic acids is 2. The van der Waals surface area contributed by atoms with Gasteiger partial charge in [-0.05, 0) is 44.4 Å². The Morgan fingerprint density at radius 2 is 1.09 bits per heavy atom. The second-order valence-corrected chi connectivity index (χ2v) is 9.18. The molecule has 0 saturated heterocycles. The minimum Gasteiger partial charge on any atom is -0.466 e. The van der Waals surface area contributed by atoms with Crippen LogP contribution in [0.4, 0.5) is 0 Å². The third-order valence-electron chi connectivity index (χ3n) is 5.46. The van der Waals surface area contributed by atoms with Crippen LogP contribution in [0.3, 0.4) is 0 Å². The van der Waals surface area contributed by atoms with Gasteiger partial charge in [0, 0.05) is 25.7 Å². The summed E-state index contributed by atoms with van der Waals surface area (Å²) < 4.78 is 10.6. The van der Waals surface area contributed by atoms with Gasteiger partial charge in [-0.25, -0.2) is 0 Å². The highest BCUT2D eigenvalue weighted by molar-refractivity contribution is 5.69. The van der Waals surface area contributed by atoms with E-state index in [0.717, 1.165) is 77.0 Å². The van der Waals surface area contributed by atoms with Crippen molar-refractivity contribution in [3.63, 3.8) is 0 Å². The summed E-state index contributed by atoms with van der Waals surface area (Å²) in [5.41, 5.74) is 0. The third-order valence-corrected chi connectivity index (χ3v) is 5.46. The van der Waals surface area contributed by atoms with Gasteiger partial charge in [-0.15, -0.1) is 11.8 Å². The summed E-state index contributed by atoms with van der Waals surface area (Å²) in [5.74, 6) is 6.83. The molecule has 4 heteroatoms. The molecule has 0 saturated carbocycles. The zero-order valence-corrected chi connectivity index (χ0v) is 21.4. The fourth-order valence-electron chi connectivity index (χ4n) is 3.49. The molecule has 0 amide bonds. The first kappa shape index (κ1) is 30.5. The highest BCUT2D eigenvalue weighted by Gasteiger charge is 2.04. The molecule has 0 aliphatic heterocycles. The Morgan fingerprint density at radius 1 is 0.625 bits per heavy atom. The van der Waals surface area contributed by atoms with Gasteiger partial charge >= 0.3 is 11.9 Å². The molecule has 32 heavy (non-hydrogen) atoms. The van der Waals surface area contributed by atoms with Gasteiger partial charge < -0.3 is 9.47 Å². The van der Waals surface area contributed by atoms with E-state index in [1.54, 1.807) is 0 Å². The lowest BCUT2D eigenvalue weighted by molar-refractivity contribution is -0.144. The van der Waals surface area contributed by atoms with Crippen LogP contribution < -0.4 is 0 Å². The predicted molar refractivity (Wildman–Crippen MR) is 133 cm³/mol. The SMILES string of the molecule is CCC#CCCCCCCCCOC(=O)CCCCCCCCC(=O)OCCCC(C)C. The Balaban J connectivity index is 3.29. The maximum atomic E-state index is 11.8. The molecule has 0 aliphatic rings. The van der Waals surface area contributed by atoms with Gasteiger partial charge in [0.15, 0.2) is 0 Å². The average Bonchev–Trinajstić information content (AvgIpc) is 2.76. The van der Waals surface area contributed by atoms with Gasteiger partial charge in [-0.1, -0.05) is 72.1 Å². The Hall–Kier alpha value is -1.50. The van der Waals surface area contributed by atoms with E-state index in [4.69, 9.17) is 9.47 Å². The van der Waals surface area contributed by atoms with E-state index in [9.17, 15) is 9.59 Å². The fourth-order valence-corrected chi connectivity index (χ4v) is 3.49. The summed E-state index contributed by atoms with van der Waals surface area (Å²) >= 11 is 0. The molecule has 0 bridgehead atoms. The van der Waals surface area contributed by atoms with Gasteiger partial charge in [0.25, 0.3) is 0 Å². The lowest BCUT2D eigenvalue weighted by atomic mass is 10.1. The zero-order valence-electron chi connectivity index (χ0n) is 21.4. The van der Waals surface area contributed by atoms with Crippen molar-refractivity contribution >= 4 is 11.9 Å². The molecule has 186 valence electrons. The topological polar surface area (TPSA) is 52.6 Å². The Morgan fingerprint density at radius 3 is 1.62 bits per heavy atom. The summed E-state index contributed by atoms with van der Waals surface area (Å²) in [4.78, 5) is 23.4.